The summed E-state index contributed by atoms with van der Waals surface area (Å²) in [6.07, 6.45) is 11.2. The van der Waals surface area contributed by atoms with Crippen LogP contribution in [0.1, 0.15) is 51.4 Å². The molecule has 0 aromatic carbocycles. The van der Waals surface area contributed by atoms with E-state index in [1.54, 1.807) is 0 Å². The van der Waals surface area contributed by atoms with Crippen molar-refractivity contribution in [3.05, 3.63) is 12.2 Å². The predicted octanol–water partition coefficient (Wildman–Crippen LogP) is 2.82. The van der Waals surface area contributed by atoms with Crippen LogP contribution >= 0.6 is 0 Å². The molecule has 0 aromatic rings. The molecule has 0 radical (unpaired) electrons. The lowest BCUT2D eigenvalue weighted by Crippen LogP contribution is -2.54. The molecule has 0 N–H and O–H groups in total. The normalized spacial score (nSPS) is 42.8. The molecule has 2 unspecified atom stereocenters. The second-order valence-electron chi connectivity index (χ2n) is 5.67. The van der Waals surface area contributed by atoms with Crippen molar-refractivity contribution in [3.63, 3.8) is 0 Å². The molecule has 0 spiro atoms. The first-order valence-corrected chi connectivity index (χ1v) is 6.41. The molecule has 0 amide bonds. The van der Waals surface area contributed by atoms with Crippen LogP contribution in [0.15, 0.2) is 12.2 Å². The van der Waals surface area contributed by atoms with Crippen molar-refractivity contribution in [2.45, 2.75) is 51.4 Å². The highest BCUT2D eigenvalue weighted by atomic mass is 16.1. The van der Waals surface area contributed by atoms with Crippen molar-refractivity contribution in [3.8, 4) is 0 Å². The van der Waals surface area contributed by atoms with Gasteiger partial charge >= 0.3 is 0 Å². The Morgan fingerprint density at radius 2 is 1.94 bits per heavy atom. The molecule has 2 atom stereocenters. The Kier molecular flexibility index (Phi) is 2.10. The Hall–Kier alpha value is -0.920. The van der Waals surface area contributed by atoms with Gasteiger partial charge in [0.1, 0.15) is 11.6 Å². The van der Waals surface area contributed by atoms with Crippen LogP contribution in [0.4, 0.5) is 0 Å². The molecule has 2 saturated carbocycles. The lowest BCUT2D eigenvalue weighted by molar-refractivity contribution is -0.150. The summed E-state index contributed by atoms with van der Waals surface area (Å²) in [5, 5.41) is 0. The van der Waals surface area contributed by atoms with Crippen LogP contribution < -0.4 is 0 Å². The van der Waals surface area contributed by atoms with Gasteiger partial charge in [0, 0.05) is 30.1 Å². The van der Waals surface area contributed by atoms with Gasteiger partial charge < -0.3 is 0 Å². The first-order chi connectivity index (χ1) is 7.69. The van der Waals surface area contributed by atoms with Crippen LogP contribution in [-0.2, 0) is 9.59 Å². The largest absolute Gasteiger partial charge is 0.300 e. The van der Waals surface area contributed by atoms with E-state index < -0.39 is 0 Å². The van der Waals surface area contributed by atoms with Crippen molar-refractivity contribution in [1.82, 2.24) is 0 Å². The van der Waals surface area contributed by atoms with Gasteiger partial charge in [0.2, 0.25) is 0 Å². The minimum absolute atomic E-state index is 0.0874. The average molecular weight is 218 g/mol. The zero-order valence-corrected chi connectivity index (χ0v) is 9.63. The van der Waals surface area contributed by atoms with E-state index in [9.17, 15) is 9.59 Å². The first-order valence-electron chi connectivity index (χ1n) is 6.41. The molecule has 0 bridgehead atoms. The van der Waals surface area contributed by atoms with Crippen molar-refractivity contribution >= 4 is 11.6 Å². The summed E-state index contributed by atoms with van der Waals surface area (Å²) >= 11 is 0. The molecule has 2 nitrogen and oxygen atoms in total. The molecule has 2 fully saturated rings. The summed E-state index contributed by atoms with van der Waals surface area (Å²) < 4.78 is 0. The number of Topliss-reactive ketones (excluding diaryl/α,β-unsaturated/α-hetero) is 2. The summed E-state index contributed by atoms with van der Waals surface area (Å²) in [5.74, 6) is 0.799. The van der Waals surface area contributed by atoms with E-state index in [-0.39, 0.29) is 10.8 Å². The van der Waals surface area contributed by atoms with Gasteiger partial charge in [-0.15, -0.1) is 0 Å². The van der Waals surface area contributed by atoms with E-state index in [4.69, 9.17) is 0 Å². The van der Waals surface area contributed by atoms with E-state index in [0.29, 0.717) is 24.4 Å². The van der Waals surface area contributed by atoms with Gasteiger partial charge in [-0.2, -0.15) is 0 Å². The van der Waals surface area contributed by atoms with Crippen LogP contribution in [0.5, 0.6) is 0 Å². The van der Waals surface area contributed by atoms with Crippen molar-refractivity contribution in [2.75, 3.05) is 0 Å². The van der Waals surface area contributed by atoms with E-state index in [0.717, 1.165) is 38.5 Å². The lowest BCUT2D eigenvalue weighted by Gasteiger charge is -2.55. The molecular weight excluding hydrogens is 200 g/mol. The zero-order valence-electron chi connectivity index (χ0n) is 9.63. The minimum Gasteiger partial charge on any atom is -0.300 e. The van der Waals surface area contributed by atoms with Gasteiger partial charge in [0.05, 0.1) is 0 Å². The second kappa shape index (κ2) is 3.28. The number of hydrogen-bond donors (Lipinski definition) is 0. The molecule has 0 heterocycles. The Morgan fingerprint density at radius 1 is 1.06 bits per heavy atom. The van der Waals surface area contributed by atoms with Gasteiger partial charge in [-0.1, -0.05) is 12.2 Å². The molecule has 86 valence electrons. The Balaban J connectivity index is 2.11. The Labute approximate surface area is 96.1 Å². The fourth-order valence-electron chi connectivity index (χ4n) is 4.21. The maximum absolute atomic E-state index is 12.3. The fourth-order valence-corrected chi connectivity index (χ4v) is 4.21. The number of hydrogen-bond acceptors (Lipinski definition) is 2. The molecule has 2 heteroatoms. The summed E-state index contributed by atoms with van der Waals surface area (Å²) in [6.45, 7) is 0. The third-order valence-corrected chi connectivity index (χ3v) is 5.03. The van der Waals surface area contributed by atoms with E-state index in [1.165, 1.54) is 0 Å². The number of ketones is 2. The number of allylic oxidation sites excluding steroid dienone is 2. The van der Waals surface area contributed by atoms with Gasteiger partial charge in [0.15, 0.2) is 0 Å². The first kappa shape index (κ1) is 10.2. The smallest absolute Gasteiger partial charge is 0.139 e. The van der Waals surface area contributed by atoms with E-state index in [2.05, 4.69) is 12.2 Å². The second-order valence-corrected chi connectivity index (χ2v) is 5.67. The fraction of sp³-hybridized carbons (Fsp3) is 0.714. The SMILES string of the molecule is O=C1CCC23CCC=CC2(CCCC3=O)C1. The topological polar surface area (TPSA) is 34.1 Å². The van der Waals surface area contributed by atoms with Gasteiger partial charge in [0.25, 0.3) is 0 Å². The Bertz CT molecular complexity index is 382. The molecule has 0 aliphatic heterocycles. The summed E-state index contributed by atoms with van der Waals surface area (Å²) in [7, 11) is 0. The van der Waals surface area contributed by atoms with Crippen LogP contribution in [0, 0.1) is 10.8 Å². The molecular formula is C14H18O2. The standard InChI is InChI=1S/C14H18O2/c15-11-5-9-14-8-2-1-6-13(14,10-11)7-3-4-12(14)16/h1,6H,2-5,7-10H2. The summed E-state index contributed by atoms with van der Waals surface area (Å²) in [5.41, 5.74) is -0.246. The third kappa shape index (κ3) is 1.13. The summed E-state index contributed by atoms with van der Waals surface area (Å²) in [6, 6.07) is 0. The monoisotopic (exact) mass is 218 g/mol. The molecule has 16 heavy (non-hydrogen) atoms. The quantitative estimate of drug-likeness (QED) is 0.586. The number of rotatable bonds is 0. The maximum atomic E-state index is 12.3. The highest BCUT2D eigenvalue weighted by Gasteiger charge is 2.58. The Morgan fingerprint density at radius 3 is 2.81 bits per heavy atom. The maximum Gasteiger partial charge on any atom is 0.139 e. The predicted molar refractivity (Wildman–Crippen MR) is 61.0 cm³/mol. The van der Waals surface area contributed by atoms with Gasteiger partial charge in [-0.25, -0.2) is 0 Å². The molecule has 3 aliphatic rings. The summed E-state index contributed by atoms with van der Waals surface area (Å²) in [4.78, 5) is 24.1. The third-order valence-electron chi connectivity index (χ3n) is 5.03. The van der Waals surface area contributed by atoms with Crippen molar-refractivity contribution in [2.24, 2.45) is 10.8 Å². The van der Waals surface area contributed by atoms with Crippen molar-refractivity contribution < 1.29 is 9.59 Å². The van der Waals surface area contributed by atoms with Crippen LogP contribution in [0.25, 0.3) is 0 Å². The molecule has 3 rings (SSSR count). The molecule has 3 aliphatic carbocycles. The number of carbonyl (C=O) groups is 2. The highest BCUT2D eigenvalue weighted by Crippen LogP contribution is 2.61. The van der Waals surface area contributed by atoms with Crippen molar-refractivity contribution in [1.29, 1.82) is 0 Å². The highest BCUT2D eigenvalue weighted by molar-refractivity contribution is 5.91. The number of carbonyl (C=O) groups excluding carboxylic acids is 2. The average Bonchev–Trinajstić information content (AvgIpc) is 2.28. The van der Waals surface area contributed by atoms with Gasteiger partial charge in [-0.3, -0.25) is 9.59 Å². The zero-order chi connectivity index (χ0) is 11.2. The van der Waals surface area contributed by atoms with Crippen LogP contribution in [-0.4, -0.2) is 11.6 Å². The molecule has 0 aromatic heterocycles. The van der Waals surface area contributed by atoms with E-state index >= 15 is 0 Å². The van der Waals surface area contributed by atoms with E-state index in [1.807, 2.05) is 0 Å². The lowest BCUT2D eigenvalue weighted by atomic mass is 9.46. The minimum atomic E-state index is -0.159. The van der Waals surface area contributed by atoms with Crippen LogP contribution in [0.2, 0.25) is 0 Å². The molecule has 0 saturated heterocycles. The van der Waals surface area contributed by atoms with Gasteiger partial charge in [-0.05, 0) is 32.1 Å². The van der Waals surface area contributed by atoms with Crippen LogP contribution in [0.3, 0.4) is 0 Å².